The van der Waals surface area contributed by atoms with Crippen molar-refractivity contribution in [2.75, 3.05) is 26.2 Å². The third-order valence-electron chi connectivity index (χ3n) is 9.85. The number of rotatable bonds is 34. The zero-order valence-corrected chi connectivity index (χ0v) is 41.7. The fourth-order valence-electron chi connectivity index (χ4n) is 6.03. The van der Waals surface area contributed by atoms with Crippen LogP contribution in [0.5, 0.6) is 0 Å². The van der Waals surface area contributed by atoms with Crippen LogP contribution in [0.15, 0.2) is 20.0 Å². The average Bonchev–Trinajstić information content (AvgIpc) is 3.26. The van der Waals surface area contributed by atoms with Crippen LogP contribution in [0.25, 0.3) is 0 Å². The van der Waals surface area contributed by atoms with E-state index in [4.69, 9.17) is 57.3 Å². The lowest BCUT2D eigenvalue weighted by atomic mass is 10.0. The largest absolute Gasteiger partial charge is 0.479 e. The Balaban J connectivity index is 6.67. The minimum atomic E-state index is -2.22. The minimum absolute atomic E-state index is 0.000185. The van der Waals surface area contributed by atoms with Gasteiger partial charge in [0.15, 0.2) is 28.7 Å². The van der Waals surface area contributed by atoms with Gasteiger partial charge in [-0.05, 0) is 71.6 Å². The molecule has 0 saturated carbocycles. The monoisotopic (exact) mass is 1050 g/mol. The maximum Gasteiger partial charge on any atom is 0.335 e. The molecule has 0 radical (unpaired) electrons. The number of primary amides is 1. The summed E-state index contributed by atoms with van der Waals surface area (Å²) in [5.41, 5.74) is 54.6. The van der Waals surface area contributed by atoms with E-state index >= 15 is 0 Å². The van der Waals surface area contributed by atoms with Gasteiger partial charge in [-0.15, -0.1) is 12.6 Å². The van der Waals surface area contributed by atoms with Crippen LogP contribution in [-0.4, -0.2) is 161 Å². The van der Waals surface area contributed by atoms with Crippen LogP contribution in [-0.2, 0) is 43.2 Å². The van der Waals surface area contributed by atoms with Gasteiger partial charge in [0, 0.05) is 38.4 Å². The third-order valence-corrected chi connectivity index (χ3v) is 11.2. The summed E-state index contributed by atoms with van der Waals surface area (Å²) >= 11 is 8.07. The number of carbonyl (C=O) groups excluding carboxylic acids is 8. The summed E-state index contributed by atoms with van der Waals surface area (Å²) in [7, 11) is 0. The summed E-state index contributed by atoms with van der Waals surface area (Å²) in [6.45, 7) is 3.83. The minimum Gasteiger partial charge on any atom is -0.479 e. The molecule has 31 nitrogen and oxygen atoms in total. The zero-order valence-electron chi connectivity index (χ0n) is 39.9. The maximum absolute atomic E-state index is 14.1. The van der Waals surface area contributed by atoms with Gasteiger partial charge in [-0.2, -0.15) is 12.6 Å². The lowest BCUT2D eigenvalue weighted by Gasteiger charge is -2.29. The van der Waals surface area contributed by atoms with Crippen LogP contribution in [0.3, 0.4) is 0 Å². The standard InChI is InChI=1S/C38H73N21O10S2/c1-17(27(62)56-20(26(39)61)8-4-12-49-34(40)41)53-29(64)21(9-5-13-50-35(42)43)58-31(66)23(11-7-15-52-37(46)47)59-30(65)22(10-6-14-51-36(44)45)57-28(63)18(2)54-32(67)24(55-19(3)60)16-25(70)38(48,71)33(68)69/h17-18,20-25,70-71H,4-16,48H2,1-3H3,(H2,39,61)(H,53,64)(H,54,67)(H,55,60)(H,56,62)(H,57,63)(H,58,66)(H,59,65)(H,68,69)(H4,40,41,49)(H4,42,43,50)(H4,44,45,51)(H4,46,47,52)/t17-,18?,20-,21-,22-,23-,24+,25?,38+/m1/s1. The molecule has 0 fully saturated rings. The smallest absolute Gasteiger partial charge is 0.335 e. The molecule has 0 saturated heterocycles. The van der Waals surface area contributed by atoms with Gasteiger partial charge < -0.3 is 99.7 Å². The molecule has 2 unspecified atom stereocenters. The van der Waals surface area contributed by atoms with E-state index in [-0.39, 0.29) is 101 Å². The van der Waals surface area contributed by atoms with E-state index in [1.165, 1.54) is 13.8 Å². The quantitative estimate of drug-likeness (QED) is 0.00935. The summed E-state index contributed by atoms with van der Waals surface area (Å²) in [5.74, 6) is -9.38. The van der Waals surface area contributed by atoms with Gasteiger partial charge in [0.05, 0.1) is 0 Å². The van der Waals surface area contributed by atoms with Crippen LogP contribution in [0.4, 0.5) is 0 Å². The first kappa shape index (κ1) is 64.0. The number of aliphatic imine (C=N–C) groups is 4. The normalized spacial score (nSPS) is 15.0. The molecule has 0 spiro atoms. The van der Waals surface area contributed by atoms with Crippen LogP contribution in [0.1, 0.15) is 78.6 Å². The van der Waals surface area contributed by atoms with Crippen molar-refractivity contribution >= 4 is 102 Å². The number of nitrogens with one attached hydrogen (secondary N) is 7. The van der Waals surface area contributed by atoms with Crippen molar-refractivity contribution in [1.82, 2.24) is 37.2 Å². The Labute approximate surface area is 421 Å². The lowest BCUT2D eigenvalue weighted by Crippen LogP contribution is -2.60. The van der Waals surface area contributed by atoms with Crippen molar-refractivity contribution in [3.63, 3.8) is 0 Å². The highest BCUT2D eigenvalue weighted by atomic mass is 32.1. The molecule has 0 aromatic heterocycles. The highest BCUT2D eigenvalue weighted by Gasteiger charge is 2.40. The van der Waals surface area contributed by atoms with Crippen molar-refractivity contribution in [2.45, 2.75) is 131 Å². The second kappa shape index (κ2) is 32.7. The van der Waals surface area contributed by atoms with E-state index in [0.717, 1.165) is 6.92 Å². The van der Waals surface area contributed by atoms with E-state index in [1.807, 2.05) is 0 Å². The molecule has 0 heterocycles. The molecule has 0 aliphatic carbocycles. The van der Waals surface area contributed by atoms with E-state index in [9.17, 15) is 48.3 Å². The number of nitrogens with zero attached hydrogens (tertiary/aromatic N) is 4. The van der Waals surface area contributed by atoms with Gasteiger partial charge in [-0.25, -0.2) is 4.79 Å². The molecule has 8 amide bonds. The highest BCUT2D eigenvalue weighted by Crippen LogP contribution is 2.23. The molecule has 71 heavy (non-hydrogen) atoms. The van der Waals surface area contributed by atoms with Gasteiger partial charge in [0.25, 0.3) is 0 Å². The van der Waals surface area contributed by atoms with Crippen LogP contribution >= 0.6 is 25.3 Å². The summed E-state index contributed by atoms with van der Waals surface area (Å²) in [6.07, 6.45) is -0.145. The van der Waals surface area contributed by atoms with E-state index in [1.54, 1.807) is 0 Å². The Kier molecular flexibility index (Phi) is 29.5. The van der Waals surface area contributed by atoms with Crippen molar-refractivity contribution in [3.05, 3.63) is 0 Å². The molecule has 33 heteroatoms. The Morgan fingerprint density at radius 3 is 1.06 bits per heavy atom. The number of guanidine groups is 4. The molecule has 0 aliphatic rings. The highest BCUT2D eigenvalue weighted by molar-refractivity contribution is 7.86. The number of hydrogen-bond acceptors (Lipinski definition) is 16. The average molecular weight is 1050 g/mol. The predicted octanol–water partition coefficient (Wildman–Crippen LogP) is -8.50. The van der Waals surface area contributed by atoms with Gasteiger partial charge in [-0.1, -0.05) is 0 Å². The molecule has 0 aliphatic heterocycles. The molecule has 0 aromatic carbocycles. The van der Waals surface area contributed by atoms with Gasteiger partial charge in [0.2, 0.25) is 47.3 Å². The number of carboxylic acid groups (broad SMARTS) is 1. The Bertz CT molecular complexity index is 1960. The lowest BCUT2D eigenvalue weighted by molar-refractivity contribution is -0.140. The Morgan fingerprint density at radius 2 is 0.761 bits per heavy atom. The zero-order chi connectivity index (χ0) is 54.6. The number of aliphatic carboxylic acids is 1. The second-order valence-corrected chi connectivity index (χ2v) is 17.4. The summed E-state index contributed by atoms with van der Waals surface area (Å²) in [6, 6.07) is -9.52. The Hall–Kier alpha value is -7.03. The molecule has 0 bridgehead atoms. The van der Waals surface area contributed by atoms with Gasteiger partial charge in [-0.3, -0.25) is 58.3 Å². The molecule has 0 aromatic rings. The van der Waals surface area contributed by atoms with E-state index < -0.39 is 112 Å². The third kappa shape index (κ3) is 27.1. The summed E-state index contributed by atoms with van der Waals surface area (Å²) in [4.78, 5) is 131. The second-order valence-electron chi connectivity index (χ2n) is 16.0. The van der Waals surface area contributed by atoms with Crippen LogP contribution in [0.2, 0.25) is 0 Å². The number of amides is 8. The molecule has 0 rings (SSSR count). The number of carboxylic acids is 1. The number of carbonyl (C=O) groups is 9. The number of hydrogen-bond donors (Lipinski definition) is 20. The van der Waals surface area contributed by atoms with Crippen LogP contribution in [0, 0.1) is 0 Å². The van der Waals surface area contributed by atoms with Gasteiger partial charge >= 0.3 is 5.97 Å². The topological polar surface area (TPSA) is 568 Å². The predicted molar refractivity (Wildman–Crippen MR) is 270 cm³/mol. The SMILES string of the molecule is CC(=O)N[C@@H](CC(S)[C@](N)(S)C(=O)O)C(=O)NC(C)C(=O)N[C@H](CCCN=C(N)N)C(=O)N[C@H](CCCN=C(N)N)C(=O)N[C@H](CCCN=C(N)N)C(=O)N[C@H](C)C(=O)N[C@H](CCCN=C(N)N)C(N)=O. The van der Waals surface area contributed by atoms with Crippen molar-refractivity contribution in [3.8, 4) is 0 Å². The first-order valence-electron chi connectivity index (χ1n) is 22.0. The molecule has 9 atom stereocenters. The van der Waals surface area contributed by atoms with E-state index in [0.29, 0.717) is 0 Å². The fourth-order valence-corrected chi connectivity index (χ4v) is 6.45. The molecule has 28 N–H and O–H groups in total. The van der Waals surface area contributed by atoms with Crippen molar-refractivity contribution in [1.29, 1.82) is 0 Å². The first-order valence-corrected chi connectivity index (χ1v) is 23.0. The first-order chi connectivity index (χ1) is 33.0. The van der Waals surface area contributed by atoms with Crippen LogP contribution < -0.4 is 94.6 Å². The van der Waals surface area contributed by atoms with E-state index in [2.05, 4.69) is 82.4 Å². The molecular weight excluding hydrogens is 975 g/mol. The molecular formula is C38H73N21O10S2. The number of nitrogens with two attached hydrogens (primary N) is 10. The Morgan fingerprint density at radius 1 is 0.479 bits per heavy atom. The molecule has 402 valence electrons. The van der Waals surface area contributed by atoms with Gasteiger partial charge in [0.1, 0.15) is 42.3 Å². The van der Waals surface area contributed by atoms with Crippen molar-refractivity contribution < 1.29 is 48.3 Å². The summed E-state index contributed by atoms with van der Waals surface area (Å²) < 4.78 is 0. The maximum atomic E-state index is 14.1. The fraction of sp³-hybridized carbons (Fsp3) is 0.658. The summed E-state index contributed by atoms with van der Waals surface area (Å²) in [5, 5.41) is 25.5. The number of thiol groups is 2. The van der Waals surface area contributed by atoms with Crippen molar-refractivity contribution in [2.24, 2.45) is 77.3 Å².